The van der Waals surface area contributed by atoms with E-state index in [1.54, 1.807) is 12.3 Å². The van der Waals surface area contributed by atoms with Crippen molar-refractivity contribution in [2.45, 2.75) is 13.1 Å². The monoisotopic (exact) mass is 319 g/mol. The van der Waals surface area contributed by atoms with Crippen LogP contribution in [-0.2, 0) is 13.1 Å². The number of nitrogens with two attached hydrogens (primary N) is 1. The van der Waals surface area contributed by atoms with Crippen molar-refractivity contribution < 1.29 is 4.79 Å². The van der Waals surface area contributed by atoms with Crippen molar-refractivity contribution in [1.82, 2.24) is 10.3 Å². The van der Waals surface area contributed by atoms with Gasteiger partial charge in [-0.25, -0.2) is 0 Å². The molecule has 0 bridgehead atoms. The third kappa shape index (κ3) is 3.62. The second-order valence-corrected chi connectivity index (χ2v) is 4.96. The third-order valence-electron chi connectivity index (χ3n) is 2.74. The molecular formula is C14H14BrN3O. The molecule has 5 heteroatoms. The van der Waals surface area contributed by atoms with Gasteiger partial charge in [-0.3, -0.25) is 9.78 Å². The number of hydrogen-bond acceptors (Lipinski definition) is 3. The number of benzene rings is 1. The highest BCUT2D eigenvalue weighted by Crippen LogP contribution is 2.11. The second-order valence-electron chi connectivity index (χ2n) is 4.05. The number of carbonyl (C=O) groups excluding carboxylic acids is 1. The van der Waals surface area contributed by atoms with Gasteiger partial charge in [0.05, 0.1) is 5.56 Å². The summed E-state index contributed by atoms with van der Waals surface area (Å²) >= 11 is 3.29. The number of pyridine rings is 1. The molecule has 0 saturated heterocycles. The van der Waals surface area contributed by atoms with Crippen LogP contribution >= 0.6 is 15.9 Å². The third-order valence-corrected chi connectivity index (χ3v) is 3.18. The van der Waals surface area contributed by atoms with Crippen molar-refractivity contribution in [2.24, 2.45) is 5.73 Å². The van der Waals surface area contributed by atoms with Crippen LogP contribution in [0.3, 0.4) is 0 Å². The molecule has 1 aromatic carbocycles. The highest BCUT2D eigenvalue weighted by Gasteiger charge is 2.07. The summed E-state index contributed by atoms with van der Waals surface area (Å²) in [7, 11) is 0. The van der Waals surface area contributed by atoms with Crippen LogP contribution < -0.4 is 11.1 Å². The largest absolute Gasteiger partial charge is 0.348 e. The summed E-state index contributed by atoms with van der Waals surface area (Å²) in [6, 6.07) is 9.52. The Balaban J connectivity index is 2.04. The minimum atomic E-state index is -0.152. The molecule has 1 heterocycles. The van der Waals surface area contributed by atoms with Crippen molar-refractivity contribution in [3.8, 4) is 0 Å². The molecule has 0 radical (unpaired) electrons. The van der Waals surface area contributed by atoms with Gasteiger partial charge in [0.1, 0.15) is 0 Å². The first-order chi connectivity index (χ1) is 9.20. The van der Waals surface area contributed by atoms with Crippen molar-refractivity contribution >= 4 is 21.8 Å². The molecule has 1 amide bonds. The number of hydrogen-bond donors (Lipinski definition) is 2. The van der Waals surface area contributed by atoms with E-state index in [0.717, 1.165) is 15.6 Å². The van der Waals surface area contributed by atoms with E-state index in [4.69, 9.17) is 5.73 Å². The van der Waals surface area contributed by atoms with Crippen LogP contribution in [0, 0.1) is 0 Å². The Morgan fingerprint density at radius 1 is 1.26 bits per heavy atom. The Morgan fingerprint density at radius 3 is 2.68 bits per heavy atom. The van der Waals surface area contributed by atoms with Crippen LogP contribution in [0.15, 0.2) is 47.2 Å². The number of aromatic nitrogens is 1. The number of carbonyl (C=O) groups is 1. The lowest BCUT2D eigenvalue weighted by Crippen LogP contribution is -2.23. The molecule has 19 heavy (non-hydrogen) atoms. The second kappa shape index (κ2) is 6.45. The van der Waals surface area contributed by atoms with E-state index in [1.807, 2.05) is 24.3 Å². The molecule has 0 aliphatic heterocycles. The van der Waals surface area contributed by atoms with Crippen molar-refractivity contribution in [3.05, 3.63) is 63.9 Å². The van der Waals surface area contributed by atoms with Gasteiger partial charge < -0.3 is 11.1 Å². The normalized spacial score (nSPS) is 10.2. The quantitative estimate of drug-likeness (QED) is 0.908. The van der Waals surface area contributed by atoms with Gasteiger partial charge >= 0.3 is 0 Å². The number of amides is 1. The minimum absolute atomic E-state index is 0.152. The van der Waals surface area contributed by atoms with Crippen molar-refractivity contribution in [3.63, 3.8) is 0 Å². The lowest BCUT2D eigenvalue weighted by molar-refractivity contribution is 0.0950. The predicted octanol–water partition coefficient (Wildman–Crippen LogP) is 2.23. The molecule has 2 rings (SSSR count). The molecular weight excluding hydrogens is 306 g/mol. The van der Waals surface area contributed by atoms with Gasteiger partial charge in [0.2, 0.25) is 0 Å². The van der Waals surface area contributed by atoms with Gasteiger partial charge in [-0.1, -0.05) is 24.3 Å². The fourth-order valence-corrected chi connectivity index (χ4v) is 2.11. The highest BCUT2D eigenvalue weighted by molar-refractivity contribution is 9.10. The van der Waals surface area contributed by atoms with E-state index in [0.29, 0.717) is 18.7 Å². The molecule has 0 spiro atoms. The summed E-state index contributed by atoms with van der Waals surface area (Å²) in [5, 5.41) is 2.86. The van der Waals surface area contributed by atoms with Gasteiger partial charge in [-0.15, -0.1) is 0 Å². The first-order valence-electron chi connectivity index (χ1n) is 5.86. The molecule has 0 aliphatic carbocycles. The summed E-state index contributed by atoms with van der Waals surface area (Å²) < 4.78 is 0.780. The smallest absolute Gasteiger partial charge is 0.253 e. The summed E-state index contributed by atoms with van der Waals surface area (Å²) in [5.41, 5.74) is 8.25. The van der Waals surface area contributed by atoms with Crippen LogP contribution in [0.2, 0.25) is 0 Å². The number of nitrogens with one attached hydrogen (secondary N) is 1. The zero-order valence-corrected chi connectivity index (χ0v) is 11.9. The molecule has 98 valence electrons. The average molecular weight is 320 g/mol. The molecule has 0 fully saturated rings. The van der Waals surface area contributed by atoms with Gasteiger partial charge in [0.15, 0.2) is 0 Å². The molecule has 3 N–H and O–H groups in total. The SMILES string of the molecule is NCc1ccccc1CNC(=O)c1cncc(Br)c1. The lowest BCUT2D eigenvalue weighted by Gasteiger charge is -2.09. The molecule has 0 unspecified atom stereocenters. The molecule has 0 aliphatic rings. The van der Waals surface area contributed by atoms with E-state index >= 15 is 0 Å². The van der Waals surface area contributed by atoms with Gasteiger partial charge in [0, 0.05) is 30.0 Å². The van der Waals surface area contributed by atoms with Crippen molar-refractivity contribution in [2.75, 3.05) is 0 Å². The van der Waals surface area contributed by atoms with Gasteiger partial charge in [-0.2, -0.15) is 0 Å². The zero-order valence-electron chi connectivity index (χ0n) is 10.3. The van der Waals surface area contributed by atoms with Crippen LogP contribution in [0.25, 0.3) is 0 Å². The van der Waals surface area contributed by atoms with Gasteiger partial charge in [-0.05, 0) is 33.1 Å². The van der Waals surface area contributed by atoms with Crippen LogP contribution in [0.1, 0.15) is 21.5 Å². The summed E-state index contributed by atoms with van der Waals surface area (Å²) in [6.45, 7) is 0.920. The van der Waals surface area contributed by atoms with E-state index in [9.17, 15) is 4.79 Å². The Morgan fingerprint density at radius 2 is 2.00 bits per heavy atom. The number of rotatable bonds is 4. The molecule has 0 saturated carbocycles. The first-order valence-corrected chi connectivity index (χ1v) is 6.65. The number of nitrogens with zero attached hydrogens (tertiary/aromatic N) is 1. The Labute approximate surface area is 120 Å². The fourth-order valence-electron chi connectivity index (χ4n) is 1.74. The summed E-state index contributed by atoms with van der Waals surface area (Å²) in [6.07, 6.45) is 3.18. The molecule has 1 aromatic heterocycles. The highest BCUT2D eigenvalue weighted by atomic mass is 79.9. The van der Waals surface area contributed by atoms with E-state index in [-0.39, 0.29) is 5.91 Å². The van der Waals surface area contributed by atoms with E-state index in [2.05, 4.69) is 26.2 Å². The zero-order chi connectivity index (χ0) is 13.7. The van der Waals surface area contributed by atoms with E-state index < -0.39 is 0 Å². The summed E-state index contributed by atoms with van der Waals surface area (Å²) in [4.78, 5) is 15.9. The Hall–Kier alpha value is -1.72. The minimum Gasteiger partial charge on any atom is -0.348 e. The topological polar surface area (TPSA) is 68.0 Å². The van der Waals surface area contributed by atoms with Gasteiger partial charge in [0.25, 0.3) is 5.91 Å². The van der Waals surface area contributed by atoms with Crippen LogP contribution in [0.5, 0.6) is 0 Å². The Kier molecular flexibility index (Phi) is 4.65. The van der Waals surface area contributed by atoms with Crippen molar-refractivity contribution in [1.29, 1.82) is 0 Å². The standard InChI is InChI=1S/C14H14BrN3O/c15-13-5-12(7-17-9-13)14(19)18-8-11-4-2-1-3-10(11)6-16/h1-5,7,9H,6,8,16H2,(H,18,19). The maximum Gasteiger partial charge on any atom is 0.253 e. The predicted molar refractivity (Wildman–Crippen MR) is 77.4 cm³/mol. The Bertz CT molecular complexity index is 586. The van der Waals surface area contributed by atoms with Crippen LogP contribution in [0.4, 0.5) is 0 Å². The average Bonchev–Trinajstić information content (AvgIpc) is 2.45. The first kappa shape index (κ1) is 13.7. The molecule has 4 nitrogen and oxygen atoms in total. The lowest BCUT2D eigenvalue weighted by atomic mass is 10.1. The molecule has 2 aromatic rings. The maximum atomic E-state index is 12.0. The van der Waals surface area contributed by atoms with Crippen LogP contribution in [-0.4, -0.2) is 10.9 Å². The van der Waals surface area contributed by atoms with E-state index in [1.165, 1.54) is 6.20 Å². The fraction of sp³-hybridized carbons (Fsp3) is 0.143. The molecule has 0 atom stereocenters. The number of halogens is 1. The summed E-state index contributed by atoms with van der Waals surface area (Å²) in [5.74, 6) is -0.152. The maximum absolute atomic E-state index is 12.0.